The molecule has 0 aliphatic rings. The molecule has 0 saturated heterocycles. The monoisotopic (exact) mass is 537 g/mol. The van der Waals surface area contributed by atoms with E-state index in [-0.39, 0.29) is 46.9 Å². The second-order valence-electron chi connectivity index (χ2n) is 8.61. The zero-order valence-corrected chi connectivity index (χ0v) is 21.4. The summed E-state index contributed by atoms with van der Waals surface area (Å²) >= 11 is 0. The Morgan fingerprint density at radius 3 is 2.51 bits per heavy atom. The van der Waals surface area contributed by atoms with Gasteiger partial charge in [0.05, 0.1) is 30.0 Å². The number of anilines is 1. The summed E-state index contributed by atoms with van der Waals surface area (Å²) in [6.45, 7) is 3.35. The van der Waals surface area contributed by atoms with Crippen LogP contribution in [0.3, 0.4) is 0 Å². The van der Waals surface area contributed by atoms with E-state index in [4.69, 9.17) is 15.6 Å². The molecule has 1 aromatic heterocycles. The lowest BCUT2D eigenvalue weighted by molar-refractivity contribution is -0.384. The number of carbonyl (C=O) groups excluding carboxylic acids is 1. The number of aliphatic imine (C=N–C) groups is 1. The number of nitro benzene ring substituents is 1. The maximum atomic E-state index is 13.3. The Morgan fingerprint density at radius 1 is 1.23 bits per heavy atom. The summed E-state index contributed by atoms with van der Waals surface area (Å²) in [5.74, 6) is -0.445. The van der Waals surface area contributed by atoms with Crippen LogP contribution in [0.25, 0.3) is 11.3 Å². The predicted octanol–water partition coefficient (Wildman–Crippen LogP) is 2.35. The smallest absolute Gasteiger partial charge is 0.433 e. The van der Waals surface area contributed by atoms with Gasteiger partial charge in [-0.15, -0.1) is 0 Å². The van der Waals surface area contributed by atoms with Gasteiger partial charge in [-0.3, -0.25) is 24.3 Å². The van der Waals surface area contributed by atoms with Crippen LogP contribution in [-0.4, -0.2) is 50.6 Å². The lowest BCUT2D eigenvalue weighted by Gasteiger charge is -2.16. The van der Waals surface area contributed by atoms with Crippen molar-refractivity contribution in [2.75, 3.05) is 12.4 Å². The number of rotatable bonds is 10. The molecular formula is C25H27N7O7. The molecule has 0 aliphatic heterocycles. The second kappa shape index (κ2) is 12.3. The number of nitrogens with one attached hydrogen (secondary N) is 2. The van der Waals surface area contributed by atoms with E-state index in [1.165, 1.54) is 36.1 Å². The maximum Gasteiger partial charge on any atom is 0.433 e. The van der Waals surface area contributed by atoms with Crippen LogP contribution in [0.4, 0.5) is 16.3 Å². The highest BCUT2D eigenvalue weighted by Gasteiger charge is 2.19. The number of nitrogens with zero attached hydrogens (tertiary/aromatic N) is 4. The first kappa shape index (κ1) is 28.3. The van der Waals surface area contributed by atoms with Crippen molar-refractivity contribution in [1.29, 1.82) is 0 Å². The topological polar surface area (TPSA) is 204 Å². The fraction of sp³-hybridized carbons (Fsp3) is 0.240. The molecule has 0 spiro atoms. The third kappa shape index (κ3) is 7.38. The number of hydrogen-bond acceptors (Lipinski definition) is 8. The molecule has 204 valence electrons. The summed E-state index contributed by atoms with van der Waals surface area (Å²) < 4.78 is 6.35. The van der Waals surface area contributed by atoms with E-state index >= 15 is 0 Å². The minimum atomic E-state index is -1.41. The van der Waals surface area contributed by atoms with Gasteiger partial charge in [0.15, 0.2) is 5.82 Å². The molecule has 2 amide bonds. The van der Waals surface area contributed by atoms with Gasteiger partial charge >= 0.3 is 6.09 Å². The lowest BCUT2D eigenvalue weighted by atomic mass is 10.1. The van der Waals surface area contributed by atoms with Gasteiger partial charge in [0.1, 0.15) is 18.1 Å². The highest BCUT2D eigenvalue weighted by molar-refractivity contribution is 6.02. The summed E-state index contributed by atoms with van der Waals surface area (Å²) in [6, 6.07) is 10.3. The SMILES string of the molecule is COc1cc(-c2cnc(NC(C)C)c(=O)n2CC(=O)NCc2ccc(/C(N)=N/C(=O)O)cc2)cc([N+](=O)[O-])c1. The number of methoxy groups -OCH3 is 1. The quantitative estimate of drug-likeness (QED) is 0.129. The Bertz CT molecular complexity index is 1480. The first-order chi connectivity index (χ1) is 18.5. The van der Waals surface area contributed by atoms with E-state index in [1.54, 1.807) is 24.3 Å². The average Bonchev–Trinajstić information content (AvgIpc) is 2.89. The van der Waals surface area contributed by atoms with Crippen LogP contribution < -0.4 is 26.7 Å². The molecule has 3 aromatic rings. The Labute approximate surface area is 222 Å². The van der Waals surface area contributed by atoms with E-state index in [2.05, 4.69) is 20.6 Å². The van der Waals surface area contributed by atoms with Gasteiger partial charge in [-0.2, -0.15) is 4.99 Å². The van der Waals surface area contributed by atoms with Gasteiger partial charge in [-0.05, 0) is 25.5 Å². The molecule has 39 heavy (non-hydrogen) atoms. The Balaban J connectivity index is 1.90. The lowest BCUT2D eigenvalue weighted by Crippen LogP contribution is -2.35. The van der Waals surface area contributed by atoms with Crippen molar-refractivity contribution >= 4 is 29.3 Å². The minimum Gasteiger partial charge on any atom is -0.496 e. The van der Waals surface area contributed by atoms with Crippen molar-refractivity contribution in [3.8, 4) is 17.0 Å². The normalized spacial score (nSPS) is 11.2. The van der Waals surface area contributed by atoms with Crippen molar-refractivity contribution < 1.29 is 24.4 Å². The number of amides is 2. The molecule has 0 atom stereocenters. The first-order valence-corrected chi connectivity index (χ1v) is 11.6. The van der Waals surface area contributed by atoms with Crippen molar-refractivity contribution in [3.05, 3.63) is 80.3 Å². The van der Waals surface area contributed by atoms with Crippen LogP contribution in [-0.2, 0) is 17.9 Å². The highest BCUT2D eigenvalue weighted by Crippen LogP contribution is 2.29. The van der Waals surface area contributed by atoms with Gasteiger partial charge in [0.2, 0.25) is 5.91 Å². The van der Waals surface area contributed by atoms with Crippen molar-refractivity contribution in [2.45, 2.75) is 33.0 Å². The van der Waals surface area contributed by atoms with Gasteiger partial charge in [0.25, 0.3) is 11.2 Å². The third-order valence-corrected chi connectivity index (χ3v) is 5.37. The predicted molar refractivity (Wildman–Crippen MR) is 143 cm³/mol. The fourth-order valence-corrected chi connectivity index (χ4v) is 3.56. The molecule has 5 N–H and O–H groups in total. The second-order valence-corrected chi connectivity index (χ2v) is 8.61. The summed E-state index contributed by atoms with van der Waals surface area (Å²) in [4.78, 5) is 55.1. The molecule has 0 radical (unpaired) electrons. The van der Waals surface area contributed by atoms with Crippen LogP contribution in [0.5, 0.6) is 5.75 Å². The van der Waals surface area contributed by atoms with Gasteiger partial charge in [0, 0.05) is 29.8 Å². The third-order valence-electron chi connectivity index (χ3n) is 5.37. The number of hydrogen-bond donors (Lipinski definition) is 4. The van der Waals surface area contributed by atoms with Gasteiger partial charge < -0.3 is 26.2 Å². The number of carboxylic acid groups (broad SMARTS) is 1. The first-order valence-electron chi connectivity index (χ1n) is 11.6. The molecule has 0 bridgehead atoms. The van der Waals surface area contributed by atoms with Crippen LogP contribution in [0.15, 0.2) is 58.4 Å². The van der Waals surface area contributed by atoms with E-state index in [1.807, 2.05) is 13.8 Å². The van der Waals surface area contributed by atoms with Gasteiger partial charge in [-0.1, -0.05) is 24.3 Å². The molecule has 0 aliphatic carbocycles. The number of amidine groups is 1. The number of aromatic nitrogens is 2. The highest BCUT2D eigenvalue weighted by atomic mass is 16.6. The largest absolute Gasteiger partial charge is 0.496 e. The maximum absolute atomic E-state index is 13.3. The standard InChI is InChI=1S/C25H27N7O7/c1-14(2)29-23-24(34)31(20(12-28-23)17-8-18(32(37)38)10-19(9-17)39-3)13-21(33)27-11-15-4-6-16(7-5-15)22(26)30-25(35)36/h4-10,12,14H,11,13H2,1-3H3,(H2,26,30)(H,27,33)(H,28,29)(H,35,36). The fourth-order valence-electron chi connectivity index (χ4n) is 3.56. The van der Waals surface area contributed by atoms with Crippen molar-refractivity contribution in [2.24, 2.45) is 10.7 Å². The molecule has 14 heteroatoms. The Hall–Kier alpha value is -5.27. The molecule has 3 rings (SSSR count). The van der Waals surface area contributed by atoms with E-state index < -0.39 is 29.0 Å². The molecular weight excluding hydrogens is 510 g/mol. The summed E-state index contributed by atoms with van der Waals surface area (Å²) in [5.41, 5.74) is 6.33. The Morgan fingerprint density at radius 2 is 1.92 bits per heavy atom. The number of nitro groups is 1. The Kier molecular flexibility index (Phi) is 8.94. The van der Waals surface area contributed by atoms with Gasteiger partial charge in [-0.25, -0.2) is 9.78 Å². The zero-order chi connectivity index (χ0) is 28.7. The number of benzene rings is 2. The number of non-ortho nitro benzene ring substituents is 1. The average molecular weight is 538 g/mol. The van der Waals surface area contributed by atoms with E-state index in [0.29, 0.717) is 11.1 Å². The minimum absolute atomic E-state index is 0.0233. The number of nitrogens with two attached hydrogens (primary N) is 1. The van der Waals surface area contributed by atoms with E-state index in [0.717, 1.165) is 0 Å². The summed E-state index contributed by atoms with van der Waals surface area (Å²) in [6.07, 6.45) is -0.0513. The van der Waals surface area contributed by atoms with Crippen LogP contribution in [0.2, 0.25) is 0 Å². The van der Waals surface area contributed by atoms with Crippen molar-refractivity contribution in [3.63, 3.8) is 0 Å². The summed E-state index contributed by atoms with van der Waals surface area (Å²) in [7, 11) is 1.36. The molecule has 1 heterocycles. The van der Waals surface area contributed by atoms with Crippen molar-refractivity contribution in [1.82, 2.24) is 14.9 Å². The molecule has 0 saturated carbocycles. The molecule has 14 nitrogen and oxygen atoms in total. The van der Waals surface area contributed by atoms with Crippen LogP contribution >= 0.6 is 0 Å². The number of ether oxygens (including phenoxy) is 1. The van der Waals surface area contributed by atoms with Crippen LogP contribution in [0.1, 0.15) is 25.0 Å². The number of carbonyl (C=O) groups is 2. The molecule has 0 fully saturated rings. The zero-order valence-electron chi connectivity index (χ0n) is 21.4. The molecule has 0 unspecified atom stereocenters. The van der Waals surface area contributed by atoms with Crippen LogP contribution in [0, 0.1) is 10.1 Å². The van der Waals surface area contributed by atoms with E-state index in [9.17, 15) is 24.5 Å². The summed E-state index contributed by atoms with van der Waals surface area (Å²) in [5, 5.41) is 25.8. The molecule has 2 aromatic carbocycles.